The van der Waals surface area contributed by atoms with Crippen molar-refractivity contribution in [3.8, 4) is 5.75 Å². The Kier molecular flexibility index (Phi) is 5.93. The SMILES string of the molecule is COc1ccc([N+](=O)[O-])cc1/C=C1/SC(=O)N(Cc2c(Cl)cccc2Cl)C1=O. The van der Waals surface area contributed by atoms with Gasteiger partial charge in [0.25, 0.3) is 16.8 Å². The van der Waals surface area contributed by atoms with Gasteiger partial charge >= 0.3 is 0 Å². The number of benzene rings is 2. The summed E-state index contributed by atoms with van der Waals surface area (Å²) < 4.78 is 5.19. The Hall–Kier alpha value is -2.55. The fourth-order valence-electron chi connectivity index (χ4n) is 2.57. The summed E-state index contributed by atoms with van der Waals surface area (Å²) in [7, 11) is 1.41. The predicted octanol–water partition coefficient (Wildman–Crippen LogP) is 5.15. The number of carbonyl (C=O) groups is 2. The molecule has 1 saturated heterocycles. The first-order valence-electron chi connectivity index (χ1n) is 7.82. The Balaban J connectivity index is 1.94. The average Bonchev–Trinajstić information content (AvgIpc) is 2.91. The zero-order chi connectivity index (χ0) is 20.4. The van der Waals surface area contributed by atoms with Crippen LogP contribution < -0.4 is 4.74 Å². The van der Waals surface area contributed by atoms with E-state index in [1.807, 2.05) is 0 Å². The highest BCUT2D eigenvalue weighted by molar-refractivity contribution is 8.18. The van der Waals surface area contributed by atoms with E-state index in [0.29, 0.717) is 26.9 Å². The van der Waals surface area contributed by atoms with Crippen LogP contribution in [0.2, 0.25) is 10.0 Å². The van der Waals surface area contributed by atoms with Crippen molar-refractivity contribution in [1.29, 1.82) is 0 Å². The largest absolute Gasteiger partial charge is 0.496 e. The van der Waals surface area contributed by atoms with Gasteiger partial charge in [0.1, 0.15) is 5.75 Å². The molecule has 2 amide bonds. The van der Waals surface area contributed by atoms with Crippen LogP contribution in [0.15, 0.2) is 41.3 Å². The van der Waals surface area contributed by atoms with E-state index in [1.165, 1.54) is 31.4 Å². The highest BCUT2D eigenvalue weighted by atomic mass is 35.5. The normalized spacial score (nSPS) is 15.4. The molecule has 1 fully saturated rings. The van der Waals surface area contributed by atoms with Gasteiger partial charge in [0, 0.05) is 33.3 Å². The van der Waals surface area contributed by atoms with Crippen molar-refractivity contribution < 1.29 is 19.2 Å². The number of hydrogen-bond donors (Lipinski definition) is 0. The van der Waals surface area contributed by atoms with Crippen molar-refractivity contribution in [2.45, 2.75) is 6.54 Å². The summed E-state index contributed by atoms with van der Waals surface area (Å²) in [5.74, 6) is -0.203. The monoisotopic (exact) mass is 438 g/mol. The minimum Gasteiger partial charge on any atom is -0.496 e. The minimum absolute atomic E-state index is 0.0768. The standard InChI is InChI=1S/C18H12Cl2N2O5S/c1-27-15-6-5-11(22(25)26)7-10(15)8-16-17(23)21(18(24)28-16)9-12-13(19)3-2-4-14(12)20/h2-8H,9H2,1H3/b16-8+. The molecular weight excluding hydrogens is 427 g/mol. The molecule has 144 valence electrons. The lowest BCUT2D eigenvalue weighted by atomic mass is 10.1. The van der Waals surface area contributed by atoms with Gasteiger partial charge in [-0.1, -0.05) is 29.3 Å². The molecule has 0 N–H and O–H groups in total. The van der Waals surface area contributed by atoms with Crippen molar-refractivity contribution in [3.05, 3.63) is 72.6 Å². The maximum absolute atomic E-state index is 12.7. The van der Waals surface area contributed by atoms with Crippen LogP contribution in [-0.4, -0.2) is 28.1 Å². The highest BCUT2D eigenvalue weighted by Gasteiger charge is 2.36. The van der Waals surface area contributed by atoms with E-state index in [-0.39, 0.29) is 17.1 Å². The van der Waals surface area contributed by atoms with Crippen LogP contribution in [0.5, 0.6) is 5.75 Å². The van der Waals surface area contributed by atoms with E-state index in [9.17, 15) is 19.7 Å². The van der Waals surface area contributed by atoms with Gasteiger partial charge in [-0.3, -0.25) is 24.6 Å². The lowest BCUT2D eigenvalue weighted by Gasteiger charge is -2.14. The Morgan fingerprint density at radius 2 is 1.89 bits per heavy atom. The number of nitrogens with zero attached hydrogens (tertiary/aromatic N) is 2. The molecule has 1 heterocycles. The molecule has 0 spiro atoms. The molecule has 0 aromatic heterocycles. The third kappa shape index (κ3) is 3.99. The number of halogens is 2. The molecule has 10 heteroatoms. The molecule has 28 heavy (non-hydrogen) atoms. The number of imide groups is 1. The number of nitro groups is 1. The van der Waals surface area contributed by atoms with Gasteiger partial charge in [-0.05, 0) is 36.0 Å². The van der Waals surface area contributed by atoms with Crippen molar-refractivity contribution in [2.24, 2.45) is 0 Å². The average molecular weight is 439 g/mol. The molecule has 0 saturated carbocycles. The summed E-state index contributed by atoms with van der Waals surface area (Å²) in [4.78, 5) is 36.7. The van der Waals surface area contributed by atoms with Crippen molar-refractivity contribution in [1.82, 2.24) is 4.90 Å². The lowest BCUT2D eigenvalue weighted by Crippen LogP contribution is -2.27. The smallest absolute Gasteiger partial charge is 0.293 e. The maximum atomic E-state index is 12.7. The molecule has 7 nitrogen and oxygen atoms in total. The topological polar surface area (TPSA) is 89.8 Å². The maximum Gasteiger partial charge on any atom is 0.293 e. The fraction of sp³-hybridized carbons (Fsp3) is 0.111. The number of non-ortho nitro benzene ring substituents is 1. The fourth-order valence-corrected chi connectivity index (χ4v) is 3.91. The molecule has 3 rings (SSSR count). The molecule has 1 aliphatic heterocycles. The Morgan fingerprint density at radius 3 is 2.50 bits per heavy atom. The molecule has 1 aliphatic rings. The second kappa shape index (κ2) is 8.22. The zero-order valence-corrected chi connectivity index (χ0v) is 16.7. The van der Waals surface area contributed by atoms with Crippen molar-refractivity contribution >= 4 is 57.9 Å². The first kappa shape index (κ1) is 20.2. The molecule has 0 bridgehead atoms. The molecule has 0 radical (unpaired) electrons. The van der Waals surface area contributed by atoms with E-state index >= 15 is 0 Å². The number of carbonyl (C=O) groups excluding carboxylic acids is 2. The van der Waals surface area contributed by atoms with E-state index in [4.69, 9.17) is 27.9 Å². The quantitative estimate of drug-likeness (QED) is 0.364. The van der Waals surface area contributed by atoms with Crippen LogP contribution in [0.3, 0.4) is 0 Å². The van der Waals surface area contributed by atoms with Crippen LogP contribution in [0.4, 0.5) is 10.5 Å². The van der Waals surface area contributed by atoms with Crippen LogP contribution in [0.1, 0.15) is 11.1 Å². The lowest BCUT2D eigenvalue weighted by molar-refractivity contribution is -0.384. The van der Waals surface area contributed by atoms with Crippen LogP contribution >= 0.6 is 35.0 Å². The van der Waals surface area contributed by atoms with E-state index < -0.39 is 16.1 Å². The van der Waals surface area contributed by atoms with E-state index in [1.54, 1.807) is 18.2 Å². The number of hydrogen-bond acceptors (Lipinski definition) is 6. The Morgan fingerprint density at radius 1 is 1.21 bits per heavy atom. The third-order valence-electron chi connectivity index (χ3n) is 3.96. The first-order chi connectivity index (χ1) is 13.3. The van der Waals surface area contributed by atoms with Gasteiger partial charge in [-0.2, -0.15) is 0 Å². The Labute approximate surface area is 174 Å². The molecule has 0 unspecified atom stereocenters. The summed E-state index contributed by atoms with van der Waals surface area (Å²) in [6.07, 6.45) is 1.39. The molecule has 0 aliphatic carbocycles. The number of methoxy groups -OCH3 is 1. The summed E-state index contributed by atoms with van der Waals surface area (Å²) in [6, 6.07) is 8.89. The summed E-state index contributed by atoms with van der Waals surface area (Å²) in [5.41, 5.74) is 0.620. The molecule has 2 aromatic carbocycles. The highest BCUT2D eigenvalue weighted by Crippen LogP contribution is 2.37. The molecule has 0 atom stereocenters. The van der Waals surface area contributed by atoms with Crippen molar-refractivity contribution in [2.75, 3.05) is 7.11 Å². The number of ether oxygens (including phenoxy) is 1. The number of nitro benzene ring substituents is 1. The van der Waals surface area contributed by atoms with Gasteiger partial charge in [-0.25, -0.2) is 0 Å². The van der Waals surface area contributed by atoms with Crippen LogP contribution in [-0.2, 0) is 11.3 Å². The van der Waals surface area contributed by atoms with Crippen molar-refractivity contribution in [3.63, 3.8) is 0 Å². The van der Waals surface area contributed by atoms with Gasteiger partial charge in [0.2, 0.25) is 0 Å². The summed E-state index contributed by atoms with van der Waals surface area (Å²) in [5, 5.41) is 11.2. The zero-order valence-electron chi connectivity index (χ0n) is 14.3. The second-order valence-electron chi connectivity index (χ2n) is 5.65. The number of rotatable bonds is 5. The van der Waals surface area contributed by atoms with Gasteiger partial charge in [-0.15, -0.1) is 0 Å². The minimum atomic E-state index is -0.554. The van der Waals surface area contributed by atoms with Crippen LogP contribution in [0.25, 0.3) is 6.08 Å². The molecular formula is C18H12Cl2N2O5S. The van der Waals surface area contributed by atoms with E-state index in [0.717, 1.165) is 16.7 Å². The summed E-state index contributed by atoms with van der Waals surface area (Å²) >= 11 is 13.0. The van der Waals surface area contributed by atoms with Crippen LogP contribution in [0, 0.1) is 10.1 Å². The molecule has 2 aromatic rings. The number of thioether (sulfide) groups is 1. The second-order valence-corrected chi connectivity index (χ2v) is 7.46. The number of amides is 2. The predicted molar refractivity (Wildman–Crippen MR) is 108 cm³/mol. The van der Waals surface area contributed by atoms with E-state index in [2.05, 4.69) is 0 Å². The third-order valence-corrected chi connectivity index (χ3v) is 5.58. The van der Waals surface area contributed by atoms with Gasteiger partial charge in [0.05, 0.1) is 23.5 Å². The first-order valence-corrected chi connectivity index (χ1v) is 9.39. The van der Waals surface area contributed by atoms with Gasteiger partial charge in [0.15, 0.2) is 0 Å². The van der Waals surface area contributed by atoms with Gasteiger partial charge < -0.3 is 4.74 Å². The Bertz CT molecular complexity index is 1000. The summed E-state index contributed by atoms with van der Waals surface area (Å²) in [6.45, 7) is -0.0768.